The molecule has 1 aliphatic carbocycles. The number of hydrogen-bond acceptors (Lipinski definition) is 5. The van der Waals surface area contributed by atoms with Crippen molar-refractivity contribution in [3.63, 3.8) is 0 Å². The van der Waals surface area contributed by atoms with Gasteiger partial charge in [0.2, 0.25) is 5.91 Å². The minimum absolute atomic E-state index is 0.0267. The Morgan fingerprint density at radius 1 is 1.11 bits per heavy atom. The predicted octanol–water partition coefficient (Wildman–Crippen LogP) is 3.59. The third-order valence-electron chi connectivity index (χ3n) is 4.75. The zero-order chi connectivity index (χ0) is 20.3. The van der Waals surface area contributed by atoms with E-state index in [0.717, 1.165) is 25.7 Å². The minimum Gasteiger partial charge on any atom is -0.460 e. The average Bonchev–Trinajstić information content (AvgIpc) is 3.37. The summed E-state index contributed by atoms with van der Waals surface area (Å²) in [7, 11) is 0. The molecule has 0 bridgehead atoms. The van der Waals surface area contributed by atoms with Crippen LogP contribution in [0.3, 0.4) is 0 Å². The van der Waals surface area contributed by atoms with Crippen molar-refractivity contribution in [1.82, 2.24) is 4.90 Å². The van der Waals surface area contributed by atoms with E-state index in [1.807, 2.05) is 20.8 Å². The standard InChI is InChI=1S/C21H28N2O5/c1-21(2,3)28-20(26)23-12-4-5-17(23)13-27-19(25)15-8-10-16(11-9-15)22-18(24)14-6-7-14/h8-11,14,17H,4-7,12-13H2,1-3H3,(H,22,24)/t17-/m1/s1. The number of nitrogens with one attached hydrogen (secondary N) is 1. The Hall–Kier alpha value is -2.57. The first-order valence-electron chi connectivity index (χ1n) is 9.80. The molecule has 28 heavy (non-hydrogen) atoms. The summed E-state index contributed by atoms with van der Waals surface area (Å²) >= 11 is 0. The first-order chi connectivity index (χ1) is 13.2. The number of amides is 2. The maximum Gasteiger partial charge on any atom is 0.410 e. The van der Waals surface area contributed by atoms with Gasteiger partial charge in [-0.15, -0.1) is 0 Å². The van der Waals surface area contributed by atoms with Crippen molar-refractivity contribution in [3.05, 3.63) is 29.8 Å². The molecule has 1 saturated heterocycles. The maximum absolute atomic E-state index is 12.3. The molecule has 2 amide bonds. The number of carbonyl (C=O) groups excluding carboxylic acids is 3. The number of hydrogen-bond donors (Lipinski definition) is 1. The van der Waals surface area contributed by atoms with Gasteiger partial charge in [-0.1, -0.05) is 0 Å². The largest absolute Gasteiger partial charge is 0.460 e. The Morgan fingerprint density at radius 2 is 1.79 bits per heavy atom. The van der Waals surface area contributed by atoms with E-state index in [4.69, 9.17) is 9.47 Å². The van der Waals surface area contributed by atoms with Crippen molar-refractivity contribution in [3.8, 4) is 0 Å². The van der Waals surface area contributed by atoms with Crippen LogP contribution < -0.4 is 5.32 Å². The second kappa shape index (κ2) is 8.20. The van der Waals surface area contributed by atoms with Gasteiger partial charge in [0.1, 0.15) is 12.2 Å². The molecule has 0 spiro atoms. The molecular formula is C21H28N2O5. The maximum atomic E-state index is 12.3. The van der Waals surface area contributed by atoms with E-state index in [2.05, 4.69) is 5.32 Å². The Morgan fingerprint density at radius 3 is 2.39 bits per heavy atom. The van der Waals surface area contributed by atoms with Crippen molar-refractivity contribution >= 4 is 23.7 Å². The van der Waals surface area contributed by atoms with Crippen molar-refractivity contribution in [2.24, 2.45) is 5.92 Å². The van der Waals surface area contributed by atoms with Gasteiger partial charge < -0.3 is 19.7 Å². The van der Waals surface area contributed by atoms with Crippen molar-refractivity contribution in [2.45, 2.75) is 58.1 Å². The van der Waals surface area contributed by atoms with Crippen LogP contribution >= 0.6 is 0 Å². The number of carbonyl (C=O) groups is 3. The van der Waals surface area contributed by atoms with Gasteiger partial charge in [0.05, 0.1) is 11.6 Å². The fourth-order valence-electron chi connectivity index (χ4n) is 3.10. The van der Waals surface area contributed by atoms with Gasteiger partial charge in [-0.2, -0.15) is 0 Å². The molecule has 2 aliphatic rings. The molecule has 0 aromatic heterocycles. The Bertz CT molecular complexity index is 734. The van der Waals surface area contributed by atoms with Crippen LogP contribution in [0.1, 0.15) is 56.8 Å². The van der Waals surface area contributed by atoms with Crippen LogP contribution in [0, 0.1) is 5.92 Å². The fourth-order valence-corrected chi connectivity index (χ4v) is 3.10. The van der Waals surface area contributed by atoms with Crippen molar-refractivity contribution in [1.29, 1.82) is 0 Å². The fraction of sp³-hybridized carbons (Fsp3) is 0.571. The van der Waals surface area contributed by atoms with E-state index < -0.39 is 11.6 Å². The number of likely N-dealkylation sites (tertiary alicyclic amines) is 1. The summed E-state index contributed by atoms with van der Waals surface area (Å²) in [6.45, 7) is 6.22. The van der Waals surface area contributed by atoms with Crippen molar-refractivity contribution in [2.75, 3.05) is 18.5 Å². The molecule has 1 aliphatic heterocycles. The van der Waals surface area contributed by atoms with Gasteiger partial charge >= 0.3 is 12.1 Å². The molecule has 2 fully saturated rings. The molecular weight excluding hydrogens is 360 g/mol. The molecule has 1 aromatic rings. The highest BCUT2D eigenvalue weighted by atomic mass is 16.6. The monoisotopic (exact) mass is 388 g/mol. The highest BCUT2D eigenvalue weighted by Gasteiger charge is 2.33. The van der Waals surface area contributed by atoms with Crippen LogP contribution in [0.15, 0.2) is 24.3 Å². The molecule has 1 N–H and O–H groups in total. The molecule has 7 nitrogen and oxygen atoms in total. The lowest BCUT2D eigenvalue weighted by atomic mass is 10.2. The highest BCUT2D eigenvalue weighted by Crippen LogP contribution is 2.30. The Balaban J connectivity index is 1.50. The minimum atomic E-state index is -0.558. The molecule has 3 rings (SSSR count). The second-order valence-corrected chi connectivity index (χ2v) is 8.41. The molecule has 1 aromatic carbocycles. The van der Waals surface area contributed by atoms with E-state index in [-0.39, 0.29) is 30.6 Å². The third kappa shape index (κ3) is 5.47. The molecule has 152 valence electrons. The number of anilines is 1. The van der Waals surface area contributed by atoms with Crippen LogP contribution in [0.25, 0.3) is 0 Å². The summed E-state index contributed by atoms with van der Waals surface area (Å²) < 4.78 is 10.8. The van der Waals surface area contributed by atoms with E-state index in [0.29, 0.717) is 17.8 Å². The van der Waals surface area contributed by atoms with Gasteiger partial charge in [-0.25, -0.2) is 9.59 Å². The van der Waals surface area contributed by atoms with E-state index in [1.54, 1.807) is 29.2 Å². The quantitative estimate of drug-likeness (QED) is 0.779. The average molecular weight is 388 g/mol. The lowest BCUT2D eigenvalue weighted by Crippen LogP contribution is -2.42. The Kier molecular flexibility index (Phi) is 5.91. The highest BCUT2D eigenvalue weighted by molar-refractivity contribution is 5.95. The molecule has 1 saturated carbocycles. The van der Waals surface area contributed by atoms with E-state index in [1.165, 1.54) is 0 Å². The molecule has 1 atom stereocenters. The smallest absolute Gasteiger partial charge is 0.410 e. The third-order valence-corrected chi connectivity index (χ3v) is 4.75. The topological polar surface area (TPSA) is 84.9 Å². The zero-order valence-electron chi connectivity index (χ0n) is 16.7. The number of benzene rings is 1. The first-order valence-corrected chi connectivity index (χ1v) is 9.80. The SMILES string of the molecule is CC(C)(C)OC(=O)N1CCC[C@@H]1COC(=O)c1ccc(NC(=O)C2CC2)cc1. The Labute approximate surface area is 165 Å². The number of esters is 1. The molecule has 7 heteroatoms. The number of rotatable bonds is 5. The van der Waals surface area contributed by atoms with Gasteiger partial charge in [-0.3, -0.25) is 4.79 Å². The zero-order valence-corrected chi connectivity index (χ0v) is 16.7. The molecule has 0 radical (unpaired) electrons. The van der Waals surface area contributed by atoms with E-state index >= 15 is 0 Å². The normalized spacial score (nSPS) is 19.2. The summed E-state index contributed by atoms with van der Waals surface area (Å²) in [6.07, 6.45) is 3.15. The summed E-state index contributed by atoms with van der Waals surface area (Å²) in [5.41, 5.74) is 0.518. The van der Waals surface area contributed by atoms with Gasteiger partial charge in [-0.05, 0) is 70.7 Å². The first kappa shape index (κ1) is 20.2. The number of ether oxygens (including phenoxy) is 2. The molecule has 1 heterocycles. The van der Waals surface area contributed by atoms with Crippen LogP contribution in [-0.2, 0) is 14.3 Å². The summed E-state index contributed by atoms with van der Waals surface area (Å²) in [4.78, 5) is 38.0. The second-order valence-electron chi connectivity index (χ2n) is 8.41. The van der Waals surface area contributed by atoms with Crippen LogP contribution in [0.5, 0.6) is 0 Å². The lowest BCUT2D eigenvalue weighted by molar-refractivity contribution is -0.117. The van der Waals surface area contributed by atoms with Gasteiger partial charge in [0.25, 0.3) is 0 Å². The van der Waals surface area contributed by atoms with Crippen LogP contribution in [0.4, 0.5) is 10.5 Å². The number of nitrogens with zero attached hydrogens (tertiary/aromatic N) is 1. The summed E-state index contributed by atoms with van der Waals surface area (Å²) in [6, 6.07) is 6.48. The predicted molar refractivity (Wildman–Crippen MR) is 104 cm³/mol. The lowest BCUT2D eigenvalue weighted by Gasteiger charge is -2.28. The summed E-state index contributed by atoms with van der Waals surface area (Å²) in [5.74, 6) is -0.293. The van der Waals surface area contributed by atoms with E-state index in [9.17, 15) is 14.4 Å². The van der Waals surface area contributed by atoms with Crippen molar-refractivity contribution < 1.29 is 23.9 Å². The van der Waals surface area contributed by atoms with Crippen LogP contribution in [0.2, 0.25) is 0 Å². The van der Waals surface area contributed by atoms with Crippen LogP contribution in [-0.4, -0.2) is 47.7 Å². The summed E-state index contributed by atoms with van der Waals surface area (Å²) in [5, 5.41) is 2.83. The molecule has 0 unspecified atom stereocenters. The van der Waals surface area contributed by atoms with Gasteiger partial charge in [0.15, 0.2) is 0 Å². The van der Waals surface area contributed by atoms with Gasteiger partial charge in [0, 0.05) is 18.2 Å².